The lowest BCUT2D eigenvalue weighted by Gasteiger charge is -2.27. The maximum atomic E-state index is 13.2. The Labute approximate surface area is 167 Å². The molecule has 0 saturated heterocycles. The van der Waals surface area contributed by atoms with Crippen LogP contribution in [0.25, 0.3) is 0 Å². The van der Waals surface area contributed by atoms with Crippen molar-refractivity contribution in [2.75, 3.05) is 26.3 Å². The molecular weight excluding hydrogens is 375 g/mol. The van der Waals surface area contributed by atoms with Crippen LogP contribution in [-0.2, 0) is 20.0 Å². The molecule has 0 aromatic heterocycles. The molecule has 2 N–H and O–H groups in total. The molecule has 7 heteroatoms. The van der Waals surface area contributed by atoms with Gasteiger partial charge >= 0.3 is 7.60 Å². The molecule has 0 bridgehead atoms. The summed E-state index contributed by atoms with van der Waals surface area (Å²) in [5.74, 6) is -1.09. The van der Waals surface area contributed by atoms with Crippen molar-refractivity contribution in [3.8, 4) is 0 Å². The molecule has 0 unspecified atom stereocenters. The van der Waals surface area contributed by atoms with Gasteiger partial charge in [0, 0.05) is 12.1 Å². The molecule has 28 heavy (non-hydrogen) atoms. The summed E-state index contributed by atoms with van der Waals surface area (Å²) in [6.07, 6.45) is 0.827. The maximum absolute atomic E-state index is 13.2. The van der Waals surface area contributed by atoms with Crippen LogP contribution in [0.4, 0.5) is 0 Å². The zero-order valence-electron chi connectivity index (χ0n) is 16.5. The van der Waals surface area contributed by atoms with Gasteiger partial charge in [-0.2, -0.15) is 0 Å². The molecule has 0 spiro atoms. The van der Waals surface area contributed by atoms with Crippen molar-refractivity contribution in [1.29, 1.82) is 0 Å². The first kappa shape index (κ1) is 22.3. The van der Waals surface area contributed by atoms with Crippen molar-refractivity contribution in [3.63, 3.8) is 0 Å². The second-order valence-electron chi connectivity index (χ2n) is 6.17. The normalized spacial score (nSPS) is 12.5. The van der Waals surface area contributed by atoms with Gasteiger partial charge in [-0.3, -0.25) is 9.36 Å². The van der Waals surface area contributed by atoms with Crippen LogP contribution in [0.3, 0.4) is 0 Å². The standard InChI is InChI=1S/C21H29N2O4P/c1-3-26-28(25,27-4-2)20(23-21(24)19-13-9-6-10-14-19)17-22-16-15-18-11-7-5-8-12-18/h5-14,20,22H,3-4,15-17H2,1-2H3,(H,23,24)/t20-/m1/s1. The van der Waals surface area contributed by atoms with Gasteiger partial charge in [0.25, 0.3) is 5.91 Å². The third-order valence-corrected chi connectivity index (χ3v) is 6.42. The lowest BCUT2D eigenvalue weighted by atomic mass is 10.1. The highest BCUT2D eigenvalue weighted by atomic mass is 31.2. The van der Waals surface area contributed by atoms with Crippen molar-refractivity contribution in [1.82, 2.24) is 10.6 Å². The van der Waals surface area contributed by atoms with E-state index < -0.39 is 13.4 Å². The Bertz CT molecular complexity index is 746. The molecule has 1 atom stereocenters. The number of hydrogen-bond acceptors (Lipinski definition) is 5. The predicted octanol–water partition coefficient (Wildman–Crippen LogP) is 3.84. The van der Waals surface area contributed by atoms with E-state index in [1.54, 1.807) is 38.1 Å². The number of hydrogen-bond donors (Lipinski definition) is 2. The minimum atomic E-state index is -3.51. The molecule has 152 valence electrons. The first-order chi connectivity index (χ1) is 13.6. The summed E-state index contributed by atoms with van der Waals surface area (Å²) in [5, 5.41) is 6.09. The molecule has 0 aliphatic rings. The summed E-state index contributed by atoms with van der Waals surface area (Å²) in [6, 6.07) is 18.9. The Morgan fingerprint density at radius 1 is 0.964 bits per heavy atom. The Balaban J connectivity index is 2.04. The van der Waals surface area contributed by atoms with Crippen LogP contribution < -0.4 is 10.6 Å². The van der Waals surface area contributed by atoms with Gasteiger partial charge in [0.15, 0.2) is 0 Å². The second kappa shape index (κ2) is 11.8. The number of rotatable bonds is 12. The highest BCUT2D eigenvalue weighted by Gasteiger charge is 2.36. The zero-order chi connectivity index (χ0) is 20.2. The monoisotopic (exact) mass is 404 g/mol. The van der Waals surface area contributed by atoms with Crippen molar-refractivity contribution in [2.24, 2.45) is 0 Å². The van der Waals surface area contributed by atoms with Crippen molar-refractivity contribution >= 4 is 13.5 Å². The number of carbonyl (C=O) groups excluding carboxylic acids is 1. The minimum Gasteiger partial charge on any atom is -0.337 e. The number of benzene rings is 2. The van der Waals surface area contributed by atoms with Gasteiger partial charge in [0.05, 0.1) is 13.2 Å². The number of carbonyl (C=O) groups is 1. The van der Waals surface area contributed by atoms with E-state index in [4.69, 9.17) is 9.05 Å². The van der Waals surface area contributed by atoms with Crippen LogP contribution in [0, 0.1) is 0 Å². The lowest BCUT2D eigenvalue weighted by Crippen LogP contribution is -2.43. The van der Waals surface area contributed by atoms with Crippen LogP contribution in [-0.4, -0.2) is 38.0 Å². The van der Waals surface area contributed by atoms with E-state index in [1.165, 1.54) is 5.56 Å². The van der Waals surface area contributed by atoms with Crippen molar-refractivity contribution in [2.45, 2.75) is 26.1 Å². The summed E-state index contributed by atoms with van der Waals surface area (Å²) in [4.78, 5) is 12.6. The van der Waals surface area contributed by atoms with E-state index in [0.29, 0.717) is 12.1 Å². The minimum absolute atomic E-state index is 0.235. The molecule has 0 fully saturated rings. The van der Waals surface area contributed by atoms with Gasteiger partial charge in [-0.15, -0.1) is 0 Å². The molecule has 0 saturated carbocycles. The Morgan fingerprint density at radius 3 is 2.11 bits per heavy atom. The number of amides is 1. The molecular formula is C21H29N2O4P. The first-order valence-electron chi connectivity index (χ1n) is 9.58. The highest BCUT2D eigenvalue weighted by molar-refractivity contribution is 7.54. The smallest absolute Gasteiger partial charge is 0.337 e. The second-order valence-corrected chi connectivity index (χ2v) is 8.39. The molecule has 2 rings (SSSR count). The quantitative estimate of drug-likeness (QED) is 0.415. The summed E-state index contributed by atoms with van der Waals surface area (Å²) in [6.45, 7) is 4.94. The van der Waals surface area contributed by atoms with Gasteiger partial charge in [-0.1, -0.05) is 48.5 Å². The first-order valence-corrected chi connectivity index (χ1v) is 11.2. The van der Waals surface area contributed by atoms with E-state index in [-0.39, 0.29) is 25.7 Å². The predicted molar refractivity (Wildman–Crippen MR) is 112 cm³/mol. The van der Waals surface area contributed by atoms with Crippen LogP contribution in [0.5, 0.6) is 0 Å². The lowest BCUT2D eigenvalue weighted by molar-refractivity contribution is 0.0937. The van der Waals surface area contributed by atoms with E-state index in [2.05, 4.69) is 22.8 Å². The molecule has 0 radical (unpaired) electrons. The van der Waals surface area contributed by atoms with Gasteiger partial charge in [-0.05, 0) is 44.5 Å². The van der Waals surface area contributed by atoms with E-state index >= 15 is 0 Å². The van der Waals surface area contributed by atoms with E-state index in [9.17, 15) is 9.36 Å². The average molecular weight is 404 g/mol. The van der Waals surface area contributed by atoms with E-state index in [1.807, 2.05) is 24.3 Å². The summed E-state index contributed by atoms with van der Waals surface area (Å²) in [7, 11) is -3.51. The largest absolute Gasteiger partial charge is 0.354 e. The Morgan fingerprint density at radius 2 is 1.54 bits per heavy atom. The topological polar surface area (TPSA) is 76.7 Å². The average Bonchev–Trinajstić information content (AvgIpc) is 2.72. The Kier molecular flexibility index (Phi) is 9.38. The fourth-order valence-corrected chi connectivity index (χ4v) is 4.54. The molecule has 0 aliphatic carbocycles. The highest BCUT2D eigenvalue weighted by Crippen LogP contribution is 2.51. The van der Waals surface area contributed by atoms with Crippen LogP contribution in [0.1, 0.15) is 29.8 Å². The fourth-order valence-electron chi connectivity index (χ4n) is 2.76. The van der Waals surface area contributed by atoms with Crippen LogP contribution in [0.2, 0.25) is 0 Å². The summed E-state index contributed by atoms with van der Waals surface area (Å²) >= 11 is 0. The summed E-state index contributed by atoms with van der Waals surface area (Å²) in [5.41, 5.74) is 1.70. The summed E-state index contributed by atoms with van der Waals surface area (Å²) < 4.78 is 24.2. The molecule has 2 aromatic carbocycles. The number of nitrogens with one attached hydrogen (secondary N) is 2. The third-order valence-electron chi connectivity index (χ3n) is 4.10. The van der Waals surface area contributed by atoms with Gasteiger partial charge in [-0.25, -0.2) is 0 Å². The molecule has 2 aromatic rings. The zero-order valence-corrected chi connectivity index (χ0v) is 17.4. The SMILES string of the molecule is CCOP(=O)(OCC)[C@H](CNCCc1ccccc1)NC(=O)c1ccccc1. The Hall–Kier alpha value is -1.98. The van der Waals surface area contributed by atoms with Crippen LogP contribution >= 0.6 is 7.60 Å². The fraction of sp³-hybridized carbons (Fsp3) is 0.381. The van der Waals surface area contributed by atoms with Gasteiger partial charge in [0.1, 0.15) is 5.78 Å². The third kappa shape index (κ3) is 6.88. The molecule has 0 aliphatic heterocycles. The van der Waals surface area contributed by atoms with Crippen molar-refractivity contribution in [3.05, 3.63) is 71.8 Å². The van der Waals surface area contributed by atoms with E-state index in [0.717, 1.165) is 6.42 Å². The molecule has 0 heterocycles. The van der Waals surface area contributed by atoms with Crippen LogP contribution in [0.15, 0.2) is 60.7 Å². The van der Waals surface area contributed by atoms with Gasteiger partial charge < -0.3 is 19.7 Å². The van der Waals surface area contributed by atoms with Gasteiger partial charge in [0.2, 0.25) is 0 Å². The molecule has 6 nitrogen and oxygen atoms in total. The maximum Gasteiger partial charge on any atom is 0.354 e. The molecule has 1 amide bonds. The van der Waals surface area contributed by atoms with Crippen molar-refractivity contribution < 1.29 is 18.4 Å².